The van der Waals surface area contributed by atoms with Gasteiger partial charge in [-0.15, -0.1) is 0 Å². The van der Waals surface area contributed by atoms with Crippen molar-refractivity contribution in [1.82, 2.24) is 4.90 Å². The number of halogens is 2. The number of hydrogen-bond donors (Lipinski definition) is 1. The smallest absolute Gasteiger partial charge is 0.223 e. The first kappa shape index (κ1) is 19.2. The highest BCUT2D eigenvalue weighted by molar-refractivity contribution is 6.30. The predicted molar refractivity (Wildman–Crippen MR) is 106 cm³/mol. The molecule has 1 amide bonds. The van der Waals surface area contributed by atoms with Gasteiger partial charge in [0.2, 0.25) is 5.91 Å². The van der Waals surface area contributed by atoms with E-state index >= 15 is 0 Å². The average molecular weight is 392 g/mol. The lowest BCUT2D eigenvalue weighted by molar-refractivity contribution is -0.142. The summed E-state index contributed by atoms with van der Waals surface area (Å²) in [7, 11) is 0. The standard InChI is InChI=1S/C21H23Cl2NO2/c1-2-18(13-25)24-20(26)11-10-19(15-4-3-5-17(23)12-15)21(24)14-6-8-16(22)9-7-14/h3-9,12,18-19,21,25H,2,10-11,13H2,1H3. The lowest BCUT2D eigenvalue weighted by Crippen LogP contribution is -2.49. The molecule has 26 heavy (non-hydrogen) atoms. The Balaban J connectivity index is 2.09. The maximum Gasteiger partial charge on any atom is 0.223 e. The van der Waals surface area contributed by atoms with E-state index in [0.717, 1.165) is 17.5 Å². The van der Waals surface area contributed by atoms with Gasteiger partial charge in [-0.1, -0.05) is 54.4 Å². The SMILES string of the molecule is CCC(CO)N1C(=O)CCC(c2cccc(Cl)c2)C1c1ccc(Cl)cc1. The summed E-state index contributed by atoms with van der Waals surface area (Å²) in [5, 5.41) is 11.2. The Hall–Kier alpha value is -1.55. The number of aliphatic hydroxyl groups excluding tert-OH is 1. The van der Waals surface area contributed by atoms with Crippen LogP contribution in [-0.4, -0.2) is 28.6 Å². The molecule has 3 atom stereocenters. The molecule has 3 unspecified atom stereocenters. The number of carbonyl (C=O) groups is 1. The van der Waals surface area contributed by atoms with Crippen LogP contribution in [0.4, 0.5) is 0 Å². The first-order valence-corrected chi connectivity index (χ1v) is 9.73. The van der Waals surface area contributed by atoms with Crippen LogP contribution in [0.3, 0.4) is 0 Å². The van der Waals surface area contributed by atoms with Crippen molar-refractivity contribution in [2.24, 2.45) is 0 Å². The van der Waals surface area contributed by atoms with Gasteiger partial charge >= 0.3 is 0 Å². The number of amides is 1. The highest BCUT2D eigenvalue weighted by Gasteiger charge is 2.40. The fourth-order valence-electron chi connectivity index (χ4n) is 3.90. The van der Waals surface area contributed by atoms with E-state index < -0.39 is 0 Å². The van der Waals surface area contributed by atoms with Crippen LogP contribution in [0.1, 0.15) is 49.3 Å². The molecule has 2 aromatic carbocycles. The number of likely N-dealkylation sites (tertiary alicyclic amines) is 1. The zero-order valence-corrected chi connectivity index (χ0v) is 16.2. The minimum atomic E-state index is -0.204. The Kier molecular flexibility index (Phi) is 6.23. The van der Waals surface area contributed by atoms with Crippen molar-refractivity contribution in [3.05, 3.63) is 69.7 Å². The van der Waals surface area contributed by atoms with Crippen LogP contribution in [-0.2, 0) is 4.79 Å². The molecule has 138 valence electrons. The maximum absolute atomic E-state index is 12.8. The van der Waals surface area contributed by atoms with Gasteiger partial charge in [0.1, 0.15) is 0 Å². The van der Waals surface area contributed by atoms with Crippen LogP contribution < -0.4 is 0 Å². The quantitative estimate of drug-likeness (QED) is 0.759. The molecule has 0 aliphatic carbocycles. The van der Waals surface area contributed by atoms with E-state index in [4.69, 9.17) is 23.2 Å². The van der Waals surface area contributed by atoms with Gasteiger partial charge in [-0.3, -0.25) is 4.79 Å². The Labute approximate surface area is 164 Å². The van der Waals surface area contributed by atoms with Crippen molar-refractivity contribution >= 4 is 29.1 Å². The fraction of sp³-hybridized carbons (Fsp3) is 0.381. The molecule has 2 aromatic rings. The third kappa shape index (κ3) is 3.90. The monoisotopic (exact) mass is 391 g/mol. The van der Waals surface area contributed by atoms with Crippen LogP contribution >= 0.6 is 23.2 Å². The number of piperidine rings is 1. The summed E-state index contributed by atoms with van der Waals surface area (Å²) >= 11 is 12.3. The van der Waals surface area contributed by atoms with Gasteiger partial charge in [0.25, 0.3) is 0 Å². The zero-order valence-electron chi connectivity index (χ0n) is 14.7. The van der Waals surface area contributed by atoms with Crippen molar-refractivity contribution in [2.45, 2.75) is 44.2 Å². The van der Waals surface area contributed by atoms with Gasteiger partial charge in [-0.2, -0.15) is 0 Å². The Morgan fingerprint density at radius 3 is 2.46 bits per heavy atom. The van der Waals surface area contributed by atoms with Crippen molar-refractivity contribution in [1.29, 1.82) is 0 Å². The first-order valence-electron chi connectivity index (χ1n) is 8.98. The molecular weight excluding hydrogens is 369 g/mol. The van der Waals surface area contributed by atoms with Crippen LogP contribution in [0, 0.1) is 0 Å². The molecule has 1 fully saturated rings. The molecule has 0 saturated carbocycles. The van der Waals surface area contributed by atoms with Crippen molar-refractivity contribution in [3.63, 3.8) is 0 Å². The Morgan fingerprint density at radius 2 is 1.85 bits per heavy atom. The zero-order chi connectivity index (χ0) is 18.7. The number of benzene rings is 2. The molecule has 1 aliphatic heterocycles. The minimum Gasteiger partial charge on any atom is -0.394 e. The van der Waals surface area contributed by atoms with Crippen molar-refractivity contribution in [2.75, 3.05) is 6.61 Å². The lowest BCUT2D eigenvalue weighted by Gasteiger charge is -2.45. The van der Waals surface area contributed by atoms with E-state index in [-0.39, 0.29) is 30.5 Å². The summed E-state index contributed by atoms with van der Waals surface area (Å²) in [6, 6.07) is 15.1. The topological polar surface area (TPSA) is 40.5 Å². The van der Waals surface area contributed by atoms with Crippen LogP contribution in [0.5, 0.6) is 0 Å². The molecule has 3 rings (SSSR count). The summed E-state index contributed by atoms with van der Waals surface area (Å²) in [6.45, 7) is 1.95. The second-order valence-electron chi connectivity index (χ2n) is 6.74. The minimum absolute atomic E-state index is 0.0470. The molecule has 1 N–H and O–H groups in total. The van der Waals surface area contributed by atoms with Crippen LogP contribution in [0.2, 0.25) is 10.0 Å². The second kappa shape index (κ2) is 8.43. The highest BCUT2D eigenvalue weighted by atomic mass is 35.5. The molecule has 0 radical (unpaired) electrons. The molecule has 0 aromatic heterocycles. The molecule has 3 nitrogen and oxygen atoms in total. The summed E-state index contributed by atoms with van der Waals surface area (Å²) < 4.78 is 0. The summed E-state index contributed by atoms with van der Waals surface area (Å²) in [5.41, 5.74) is 2.14. The molecule has 1 heterocycles. The Morgan fingerprint density at radius 1 is 1.12 bits per heavy atom. The van der Waals surface area contributed by atoms with E-state index in [2.05, 4.69) is 6.07 Å². The van der Waals surface area contributed by atoms with Crippen molar-refractivity contribution < 1.29 is 9.90 Å². The predicted octanol–water partition coefficient (Wildman–Crippen LogP) is 5.21. The maximum atomic E-state index is 12.8. The van der Waals surface area contributed by atoms with Gasteiger partial charge < -0.3 is 10.0 Å². The fourth-order valence-corrected chi connectivity index (χ4v) is 4.22. The van der Waals surface area contributed by atoms with E-state index in [0.29, 0.717) is 22.9 Å². The van der Waals surface area contributed by atoms with Gasteiger partial charge in [0.05, 0.1) is 18.7 Å². The number of nitrogens with zero attached hydrogens (tertiary/aromatic N) is 1. The molecule has 1 aliphatic rings. The van der Waals surface area contributed by atoms with E-state index in [1.54, 1.807) is 0 Å². The number of rotatable bonds is 5. The number of hydrogen-bond acceptors (Lipinski definition) is 2. The summed E-state index contributed by atoms with van der Waals surface area (Å²) in [4.78, 5) is 14.7. The first-order chi connectivity index (χ1) is 12.5. The molecule has 0 bridgehead atoms. The highest BCUT2D eigenvalue weighted by Crippen LogP contribution is 2.44. The summed E-state index contributed by atoms with van der Waals surface area (Å²) in [6.07, 6.45) is 1.93. The normalized spacial score (nSPS) is 21.7. The third-order valence-corrected chi connectivity index (χ3v) is 5.69. The van der Waals surface area contributed by atoms with Crippen LogP contribution in [0.15, 0.2) is 48.5 Å². The largest absolute Gasteiger partial charge is 0.394 e. The average Bonchev–Trinajstić information content (AvgIpc) is 2.64. The Bertz CT molecular complexity index is 759. The lowest BCUT2D eigenvalue weighted by atomic mass is 9.79. The third-order valence-electron chi connectivity index (χ3n) is 5.20. The van der Waals surface area contributed by atoms with Gasteiger partial charge in [0.15, 0.2) is 0 Å². The molecular formula is C21H23Cl2NO2. The molecule has 0 spiro atoms. The summed E-state index contributed by atoms with van der Waals surface area (Å²) in [5.74, 6) is 0.206. The van der Waals surface area contributed by atoms with Crippen LogP contribution in [0.25, 0.3) is 0 Å². The molecule has 1 saturated heterocycles. The van der Waals surface area contributed by atoms with E-state index in [9.17, 15) is 9.90 Å². The van der Waals surface area contributed by atoms with E-state index in [1.165, 1.54) is 0 Å². The van der Waals surface area contributed by atoms with Gasteiger partial charge in [-0.05, 0) is 48.2 Å². The second-order valence-corrected chi connectivity index (χ2v) is 7.62. The van der Waals surface area contributed by atoms with Crippen molar-refractivity contribution in [3.8, 4) is 0 Å². The molecule has 5 heteroatoms. The van der Waals surface area contributed by atoms with Gasteiger partial charge in [-0.25, -0.2) is 0 Å². The van der Waals surface area contributed by atoms with E-state index in [1.807, 2.05) is 54.3 Å². The van der Waals surface area contributed by atoms with Gasteiger partial charge in [0, 0.05) is 22.4 Å². The number of carbonyl (C=O) groups excluding carboxylic acids is 1. The number of aliphatic hydroxyl groups is 1.